The molecule has 0 aliphatic carbocycles. The topological polar surface area (TPSA) is 112 Å². The van der Waals surface area contributed by atoms with E-state index >= 15 is 0 Å². The molecule has 0 heterocycles. The summed E-state index contributed by atoms with van der Waals surface area (Å²) in [6.45, 7) is 16.6. The average Bonchev–Trinajstić information content (AvgIpc) is 2.59. The Hall–Kier alpha value is -1.42. The molecule has 1 unspecified atom stereocenters. The predicted octanol–water partition coefficient (Wildman–Crippen LogP) is 1.78. The molecule has 1 atom stereocenters. The van der Waals surface area contributed by atoms with Crippen molar-refractivity contribution in [2.75, 3.05) is 59.3 Å². The van der Waals surface area contributed by atoms with Gasteiger partial charge in [0.1, 0.15) is 12.1 Å². The molecule has 0 aromatic rings. The lowest BCUT2D eigenvalue weighted by Gasteiger charge is -2.30. The molecule has 0 saturated carbocycles. The van der Waals surface area contributed by atoms with Crippen molar-refractivity contribution >= 4 is 12.0 Å². The maximum Gasteiger partial charge on any atom is 0.410 e. The third kappa shape index (κ3) is 15.4. The molecule has 0 rings (SSSR count). The van der Waals surface area contributed by atoms with Crippen molar-refractivity contribution in [3.05, 3.63) is 0 Å². The number of carbonyl (C=O) groups is 2. The zero-order valence-electron chi connectivity index (χ0n) is 19.9. The fourth-order valence-electron chi connectivity index (χ4n) is 2.04. The third-order valence-electron chi connectivity index (χ3n) is 4.17. The van der Waals surface area contributed by atoms with Crippen LogP contribution in [0.4, 0.5) is 4.79 Å². The molecule has 0 aromatic heterocycles. The minimum Gasteiger partial charge on any atom is -0.444 e. The van der Waals surface area contributed by atoms with Gasteiger partial charge in [-0.05, 0) is 33.1 Å². The first-order valence-corrected chi connectivity index (χ1v) is 10.6. The molecule has 0 spiro atoms. The second-order valence-corrected chi connectivity index (χ2v) is 9.18. The molecule has 0 radical (unpaired) electrons. The second kappa shape index (κ2) is 14.6. The predicted molar refractivity (Wildman–Crippen MR) is 116 cm³/mol. The molecule has 30 heavy (non-hydrogen) atoms. The summed E-state index contributed by atoms with van der Waals surface area (Å²) in [5.74, 6) is -0.232. The maximum absolute atomic E-state index is 12.5. The van der Waals surface area contributed by atoms with E-state index in [-0.39, 0.29) is 37.1 Å². The van der Waals surface area contributed by atoms with Gasteiger partial charge in [0.25, 0.3) is 0 Å². The molecule has 0 aliphatic heterocycles. The lowest BCUT2D eigenvalue weighted by atomic mass is 9.88. The average molecular weight is 434 g/mol. The van der Waals surface area contributed by atoms with Crippen molar-refractivity contribution in [2.45, 2.75) is 60.1 Å². The minimum absolute atomic E-state index is 0.0345. The molecule has 178 valence electrons. The van der Waals surface area contributed by atoms with Crippen LogP contribution in [0, 0.1) is 5.41 Å². The van der Waals surface area contributed by atoms with E-state index in [2.05, 4.69) is 5.32 Å². The first-order chi connectivity index (χ1) is 13.9. The number of hydrogen-bond donors (Lipinski definition) is 2. The second-order valence-electron chi connectivity index (χ2n) is 9.18. The van der Waals surface area contributed by atoms with Gasteiger partial charge in [0.15, 0.2) is 0 Å². The van der Waals surface area contributed by atoms with Crippen LogP contribution in [0.25, 0.3) is 0 Å². The highest BCUT2D eigenvalue weighted by Crippen LogP contribution is 2.18. The van der Waals surface area contributed by atoms with Crippen LogP contribution in [0.5, 0.6) is 0 Å². The van der Waals surface area contributed by atoms with Crippen LogP contribution in [-0.2, 0) is 23.7 Å². The molecule has 0 aliphatic rings. The van der Waals surface area contributed by atoms with Gasteiger partial charge in [0.2, 0.25) is 5.91 Å². The maximum atomic E-state index is 12.5. The molecule has 9 heteroatoms. The van der Waals surface area contributed by atoms with Crippen LogP contribution in [0.1, 0.15) is 48.5 Å². The molecule has 0 bridgehead atoms. The summed E-state index contributed by atoms with van der Waals surface area (Å²) in [5.41, 5.74) is 4.60. The molecule has 0 aromatic carbocycles. The minimum atomic E-state index is -0.648. The Morgan fingerprint density at radius 2 is 1.40 bits per heavy atom. The number of nitrogens with zero attached hydrogens (tertiary/aromatic N) is 1. The van der Waals surface area contributed by atoms with E-state index < -0.39 is 11.7 Å². The summed E-state index contributed by atoms with van der Waals surface area (Å²) in [4.78, 5) is 26.3. The van der Waals surface area contributed by atoms with Gasteiger partial charge in [-0.25, -0.2) is 4.79 Å². The Morgan fingerprint density at radius 3 is 1.87 bits per heavy atom. The van der Waals surface area contributed by atoms with E-state index in [4.69, 9.17) is 24.7 Å². The molecule has 3 N–H and O–H groups in total. The van der Waals surface area contributed by atoms with E-state index in [1.165, 1.54) is 4.90 Å². The molecule has 0 saturated heterocycles. The third-order valence-corrected chi connectivity index (χ3v) is 4.17. The van der Waals surface area contributed by atoms with Gasteiger partial charge in [-0.1, -0.05) is 20.8 Å². The van der Waals surface area contributed by atoms with Gasteiger partial charge in [-0.3, -0.25) is 9.69 Å². The number of amides is 2. The van der Waals surface area contributed by atoms with E-state index in [1.807, 2.05) is 27.7 Å². The summed E-state index contributed by atoms with van der Waals surface area (Å²) in [6.07, 6.45) is -0.544. The normalized spacial score (nSPS) is 13.1. The number of nitrogens with one attached hydrogen (secondary N) is 1. The first-order valence-electron chi connectivity index (χ1n) is 10.6. The van der Waals surface area contributed by atoms with Crippen molar-refractivity contribution in [3.63, 3.8) is 0 Å². The number of ether oxygens (including phenoxy) is 4. The zero-order chi connectivity index (χ0) is 23.2. The van der Waals surface area contributed by atoms with Gasteiger partial charge < -0.3 is 30.0 Å². The molecular formula is C21H43N3O6. The van der Waals surface area contributed by atoms with Crippen molar-refractivity contribution in [3.8, 4) is 0 Å². The summed E-state index contributed by atoms with van der Waals surface area (Å²) >= 11 is 0. The highest BCUT2D eigenvalue weighted by Gasteiger charge is 2.26. The Morgan fingerprint density at radius 1 is 0.900 bits per heavy atom. The summed E-state index contributed by atoms with van der Waals surface area (Å²) in [5, 5.41) is 2.94. The largest absolute Gasteiger partial charge is 0.444 e. The van der Waals surface area contributed by atoms with Crippen LogP contribution >= 0.6 is 0 Å². The summed E-state index contributed by atoms with van der Waals surface area (Å²) < 4.78 is 21.5. The SMILES string of the molecule is CC(NC(=O)CN(CCOCCOCCOCCN)C(=O)OC(C)(C)C)C(C)(C)C. The lowest BCUT2D eigenvalue weighted by molar-refractivity contribution is -0.123. The van der Waals surface area contributed by atoms with Crippen molar-refractivity contribution in [2.24, 2.45) is 11.1 Å². The van der Waals surface area contributed by atoms with E-state index in [1.54, 1.807) is 20.8 Å². The molecular weight excluding hydrogens is 390 g/mol. The molecule has 0 fully saturated rings. The standard InChI is InChI=1S/C21H43N3O6/c1-17(20(2,3)4)23-18(25)16-24(19(26)30-21(5,6)7)9-11-28-13-15-29-14-12-27-10-8-22/h17H,8-16,22H2,1-7H3,(H,23,25). The number of carbonyl (C=O) groups excluding carboxylic acids is 2. The summed E-state index contributed by atoms with van der Waals surface area (Å²) in [6, 6.07) is -0.0345. The zero-order valence-corrected chi connectivity index (χ0v) is 19.9. The Kier molecular flexibility index (Phi) is 13.9. The highest BCUT2D eigenvalue weighted by atomic mass is 16.6. The van der Waals surface area contributed by atoms with Crippen LogP contribution in [0.3, 0.4) is 0 Å². The van der Waals surface area contributed by atoms with Crippen molar-refractivity contribution in [1.29, 1.82) is 0 Å². The fourth-order valence-corrected chi connectivity index (χ4v) is 2.04. The Balaban J connectivity index is 4.42. The van der Waals surface area contributed by atoms with E-state index in [0.29, 0.717) is 39.6 Å². The lowest BCUT2D eigenvalue weighted by Crippen LogP contribution is -2.48. The summed E-state index contributed by atoms with van der Waals surface area (Å²) in [7, 11) is 0. The van der Waals surface area contributed by atoms with Gasteiger partial charge in [0, 0.05) is 19.1 Å². The molecule has 2 amide bonds. The van der Waals surface area contributed by atoms with Gasteiger partial charge >= 0.3 is 6.09 Å². The fraction of sp³-hybridized carbons (Fsp3) is 0.905. The van der Waals surface area contributed by atoms with Crippen LogP contribution < -0.4 is 11.1 Å². The smallest absolute Gasteiger partial charge is 0.410 e. The first kappa shape index (κ1) is 28.6. The van der Waals surface area contributed by atoms with Gasteiger partial charge in [-0.15, -0.1) is 0 Å². The van der Waals surface area contributed by atoms with Gasteiger partial charge in [-0.2, -0.15) is 0 Å². The van der Waals surface area contributed by atoms with Gasteiger partial charge in [0.05, 0.1) is 39.6 Å². The Labute approximate surface area is 181 Å². The van der Waals surface area contributed by atoms with Crippen molar-refractivity contribution in [1.82, 2.24) is 10.2 Å². The monoisotopic (exact) mass is 433 g/mol. The van der Waals surface area contributed by atoms with Crippen LogP contribution in [0.2, 0.25) is 0 Å². The van der Waals surface area contributed by atoms with Crippen LogP contribution in [-0.4, -0.2) is 87.8 Å². The highest BCUT2D eigenvalue weighted by molar-refractivity contribution is 5.82. The number of nitrogens with two attached hydrogens (primary N) is 1. The van der Waals surface area contributed by atoms with E-state index in [9.17, 15) is 9.59 Å². The molecule has 9 nitrogen and oxygen atoms in total. The Bertz CT molecular complexity index is 488. The number of hydrogen-bond acceptors (Lipinski definition) is 7. The van der Waals surface area contributed by atoms with E-state index in [0.717, 1.165) is 0 Å². The quantitative estimate of drug-likeness (QED) is 0.402. The van der Waals surface area contributed by atoms with Crippen LogP contribution in [0.15, 0.2) is 0 Å². The number of rotatable bonds is 14. The van der Waals surface area contributed by atoms with Crippen molar-refractivity contribution < 1.29 is 28.5 Å².